The van der Waals surface area contributed by atoms with E-state index in [0.717, 1.165) is 51.4 Å². The van der Waals surface area contributed by atoms with E-state index in [4.69, 9.17) is 9.47 Å². The molecule has 0 N–H and O–H groups in total. The second-order valence-electron chi connectivity index (χ2n) is 7.33. The molecule has 0 aromatic heterocycles. The van der Waals surface area contributed by atoms with Gasteiger partial charge < -0.3 is 9.47 Å². The first-order valence-corrected chi connectivity index (χ1v) is 10.4. The van der Waals surface area contributed by atoms with Crippen LogP contribution in [0.25, 0.3) is 0 Å². The molecule has 0 aliphatic heterocycles. The van der Waals surface area contributed by atoms with E-state index in [1.807, 2.05) is 13.8 Å². The second kappa shape index (κ2) is 17.8. The molecule has 4 heteroatoms. The average molecular weight is 357 g/mol. The number of hydrogen-bond acceptors (Lipinski definition) is 4. The van der Waals surface area contributed by atoms with Gasteiger partial charge in [-0.2, -0.15) is 0 Å². The molecule has 25 heavy (non-hydrogen) atoms. The third-order valence-corrected chi connectivity index (χ3v) is 4.10. The molecule has 0 fully saturated rings. The lowest BCUT2D eigenvalue weighted by molar-refractivity contribution is -0.145. The summed E-state index contributed by atoms with van der Waals surface area (Å²) in [5.41, 5.74) is 0. The molecular formula is C21H40O4. The van der Waals surface area contributed by atoms with Gasteiger partial charge in [0.25, 0.3) is 0 Å². The average Bonchev–Trinajstić information content (AvgIpc) is 2.58. The molecule has 0 radical (unpaired) electrons. The first kappa shape index (κ1) is 23.9. The third kappa shape index (κ3) is 19.1. The van der Waals surface area contributed by atoms with Crippen molar-refractivity contribution in [3.63, 3.8) is 0 Å². The zero-order valence-electron chi connectivity index (χ0n) is 16.8. The second-order valence-corrected chi connectivity index (χ2v) is 7.33. The molecule has 0 bridgehead atoms. The fourth-order valence-electron chi connectivity index (χ4n) is 2.54. The van der Waals surface area contributed by atoms with Crippen LogP contribution in [0.5, 0.6) is 0 Å². The van der Waals surface area contributed by atoms with Gasteiger partial charge in [0.2, 0.25) is 0 Å². The van der Waals surface area contributed by atoms with E-state index in [-0.39, 0.29) is 11.9 Å². The Morgan fingerprint density at radius 2 is 1.16 bits per heavy atom. The standard InChI is InChI=1S/C21H40O4/c1-4-5-6-11-14-17-24-20(22)15-12-9-7-8-10-13-16-21(23)25-18-19(2)3/h19H,4-18H2,1-3H3. The van der Waals surface area contributed by atoms with Crippen LogP contribution in [0.2, 0.25) is 0 Å². The van der Waals surface area contributed by atoms with E-state index in [2.05, 4.69) is 6.92 Å². The normalized spacial score (nSPS) is 10.9. The van der Waals surface area contributed by atoms with Crippen LogP contribution in [0.15, 0.2) is 0 Å². The van der Waals surface area contributed by atoms with Gasteiger partial charge in [-0.25, -0.2) is 0 Å². The molecule has 0 unspecified atom stereocenters. The van der Waals surface area contributed by atoms with Crippen molar-refractivity contribution in [1.29, 1.82) is 0 Å². The van der Waals surface area contributed by atoms with Crippen molar-refractivity contribution >= 4 is 11.9 Å². The maximum Gasteiger partial charge on any atom is 0.305 e. The highest BCUT2D eigenvalue weighted by Gasteiger charge is 2.05. The molecular weight excluding hydrogens is 316 g/mol. The summed E-state index contributed by atoms with van der Waals surface area (Å²) in [6.45, 7) is 7.37. The SMILES string of the molecule is CCCCCCCOC(=O)CCCCCCCCC(=O)OCC(C)C. The van der Waals surface area contributed by atoms with E-state index >= 15 is 0 Å². The van der Waals surface area contributed by atoms with E-state index in [1.165, 1.54) is 19.3 Å². The van der Waals surface area contributed by atoms with Crippen molar-refractivity contribution in [1.82, 2.24) is 0 Å². The number of rotatable bonds is 17. The van der Waals surface area contributed by atoms with Gasteiger partial charge in [0.05, 0.1) is 13.2 Å². The molecule has 0 aliphatic carbocycles. The van der Waals surface area contributed by atoms with Gasteiger partial charge in [0.1, 0.15) is 0 Å². The van der Waals surface area contributed by atoms with Gasteiger partial charge in [0, 0.05) is 12.8 Å². The third-order valence-electron chi connectivity index (χ3n) is 4.10. The Hall–Kier alpha value is -1.06. The highest BCUT2D eigenvalue weighted by atomic mass is 16.5. The summed E-state index contributed by atoms with van der Waals surface area (Å²) in [6.07, 6.45) is 13.1. The summed E-state index contributed by atoms with van der Waals surface area (Å²) in [4.78, 5) is 23.0. The van der Waals surface area contributed by atoms with Crippen LogP contribution in [0.1, 0.15) is 104 Å². The van der Waals surface area contributed by atoms with Gasteiger partial charge in [-0.1, -0.05) is 72.1 Å². The lowest BCUT2D eigenvalue weighted by Gasteiger charge is -2.07. The molecule has 0 atom stereocenters. The largest absolute Gasteiger partial charge is 0.466 e. The van der Waals surface area contributed by atoms with Crippen molar-refractivity contribution in [2.75, 3.05) is 13.2 Å². The molecule has 0 heterocycles. The lowest BCUT2D eigenvalue weighted by atomic mass is 10.1. The predicted octanol–water partition coefficient (Wildman–Crippen LogP) is 5.82. The molecule has 0 amide bonds. The molecule has 0 saturated heterocycles. The number of carbonyl (C=O) groups is 2. The summed E-state index contributed by atoms with van der Waals surface area (Å²) in [5, 5.41) is 0. The quantitative estimate of drug-likeness (QED) is 0.243. The minimum atomic E-state index is -0.0776. The lowest BCUT2D eigenvalue weighted by Crippen LogP contribution is -2.09. The zero-order valence-corrected chi connectivity index (χ0v) is 16.8. The van der Waals surface area contributed by atoms with Crippen molar-refractivity contribution in [2.45, 2.75) is 104 Å². The molecule has 4 nitrogen and oxygen atoms in total. The number of esters is 2. The molecule has 0 aliphatic rings. The van der Waals surface area contributed by atoms with Gasteiger partial charge in [-0.3, -0.25) is 9.59 Å². The summed E-state index contributed by atoms with van der Waals surface area (Å²) in [7, 11) is 0. The Kier molecular flexibility index (Phi) is 17.0. The molecule has 0 aromatic rings. The van der Waals surface area contributed by atoms with Gasteiger partial charge in [0.15, 0.2) is 0 Å². The highest BCUT2D eigenvalue weighted by Crippen LogP contribution is 2.10. The Labute approximate surface area is 155 Å². The molecule has 0 saturated carbocycles. The van der Waals surface area contributed by atoms with Crippen LogP contribution in [0.3, 0.4) is 0 Å². The zero-order chi connectivity index (χ0) is 18.8. The predicted molar refractivity (Wildman–Crippen MR) is 102 cm³/mol. The van der Waals surface area contributed by atoms with Gasteiger partial charge in [-0.15, -0.1) is 0 Å². The summed E-state index contributed by atoms with van der Waals surface area (Å²) in [5.74, 6) is 0.270. The fourth-order valence-corrected chi connectivity index (χ4v) is 2.54. The van der Waals surface area contributed by atoms with Crippen molar-refractivity contribution in [2.24, 2.45) is 5.92 Å². The minimum Gasteiger partial charge on any atom is -0.466 e. The van der Waals surface area contributed by atoms with Crippen LogP contribution in [-0.2, 0) is 19.1 Å². The monoisotopic (exact) mass is 356 g/mol. The van der Waals surface area contributed by atoms with Crippen LogP contribution >= 0.6 is 0 Å². The fraction of sp³-hybridized carbons (Fsp3) is 0.905. The Morgan fingerprint density at radius 1 is 0.680 bits per heavy atom. The molecule has 148 valence electrons. The van der Waals surface area contributed by atoms with E-state index in [9.17, 15) is 9.59 Å². The van der Waals surface area contributed by atoms with Crippen molar-refractivity contribution in [3.8, 4) is 0 Å². The van der Waals surface area contributed by atoms with E-state index in [0.29, 0.717) is 32.0 Å². The maximum absolute atomic E-state index is 11.6. The first-order valence-electron chi connectivity index (χ1n) is 10.4. The Balaban J connectivity index is 3.27. The Bertz CT molecular complexity index is 326. The van der Waals surface area contributed by atoms with Crippen molar-refractivity contribution < 1.29 is 19.1 Å². The number of hydrogen-bond donors (Lipinski definition) is 0. The van der Waals surface area contributed by atoms with E-state index in [1.54, 1.807) is 0 Å². The number of unbranched alkanes of at least 4 members (excludes halogenated alkanes) is 9. The first-order chi connectivity index (χ1) is 12.1. The van der Waals surface area contributed by atoms with E-state index < -0.39 is 0 Å². The number of ether oxygens (including phenoxy) is 2. The van der Waals surface area contributed by atoms with Crippen LogP contribution in [0.4, 0.5) is 0 Å². The molecule has 0 aromatic carbocycles. The minimum absolute atomic E-state index is 0.0524. The van der Waals surface area contributed by atoms with Crippen molar-refractivity contribution in [3.05, 3.63) is 0 Å². The molecule has 0 spiro atoms. The molecule has 0 rings (SSSR count). The van der Waals surface area contributed by atoms with Crippen LogP contribution in [0, 0.1) is 5.92 Å². The highest BCUT2D eigenvalue weighted by molar-refractivity contribution is 5.69. The maximum atomic E-state index is 11.6. The van der Waals surface area contributed by atoms with Crippen LogP contribution < -0.4 is 0 Å². The van der Waals surface area contributed by atoms with Crippen LogP contribution in [-0.4, -0.2) is 25.2 Å². The van der Waals surface area contributed by atoms with Gasteiger partial charge in [-0.05, 0) is 25.2 Å². The Morgan fingerprint density at radius 3 is 1.72 bits per heavy atom. The topological polar surface area (TPSA) is 52.6 Å². The summed E-state index contributed by atoms with van der Waals surface area (Å²) < 4.78 is 10.4. The summed E-state index contributed by atoms with van der Waals surface area (Å²) >= 11 is 0. The number of carbonyl (C=O) groups excluding carboxylic acids is 2. The van der Waals surface area contributed by atoms with Gasteiger partial charge >= 0.3 is 11.9 Å². The summed E-state index contributed by atoms with van der Waals surface area (Å²) in [6, 6.07) is 0. The smallest absolute Gasteiger partial charge is 0.305 e.